The maximum absolute atomic E-state index is 11.3. The summed E-state index contributed by atoms with van der Waals surface area (Å²) in [6, 6.07) is 51.8. The molecule has 11 heteroatoms. The molecule has 306 valence electrons. The summed E-state index contributed by atoms with van der Waals surface area (Å²) in [4.78, 5) is 22.5. The monoisotopic (exact) mass is 908 g/mol. The predicted molar refractivity (Wildman–Crippen MR) is 272 cm³/mol. The van der Waals surface area contributed by atoms with Crippen LogP contribution in [0.2, 0.25) is 0 Å². The Morgan fingerprint density at radius 3 is 1.59 bits per heavy atom. The van der Waals surface area contributed by atoms with Crippen molar-refractivity contribution < 1.29 is 9.90 Å². The topological polar surface area (TPSA) is 101 Å². The maximum atomic E-state index is 11.3. The molecule has 0 radical (unpaired) electrons. The molecule has 0 fully saturated rings. The SMILES string of the molecule is Cc1cc(C2=CC=C(c3cc(C)c(-c4ccc(-c5ccc(/C=C(\C#N)C(=O)O)cc5)s4)s3)C(=NS)C2=N)sc1-c1ccc(-c2ccc(N(c3ccccc3)c3ccccc3)cc2)s1. The minimum atomic E-state index is -1.24. The normalized spacial score (nSPS) is 13.5. The van der Waals surface area contributed by atoms with Gasteiger partial charge in [-0.1, -0.05) is 84.9 Å². The van der Waals surface area contributed by atoms with E-state index in [1.807, 2.05) is 42.5 Å². The lowest BCUT2D eigenvalue weighted by atomic mass is 9.92. The summed E-state index contributed by atoms with van der Waals surface area (Å²) >= 11 is 11.2. The quantitative estimate of drug-likeness (QED) is 0.0521. The Morgan fingerprint density at radius 1 is 0.635 bits per heavy atom. The summed E-state index contributed by atoms with van der Waals surface area (Å²) in [7, 11) is 0. The molecule has 4 heterocycles. The first-order valence-electron chi connectivity index (χ1n) is 19.8. The number of para-hydroxylation sites is 2. The first-order valence-corrected chi connectivity index (χ1v) is 23.5. The first kappa shape index (κ1) is 41.7. The number of benzene rings is 4. The summed E-state index contributed by atoms with van der Waals surface area (Å²) in [5, 5.41) is 27.7. The number of carboxylic acid groups (broad SMARTS) is 1. The number of allylic oxidation sites excluding steroid dienone is 4. The molecule has 0 bridgehead atoms. The Kier molecular flexibility index (Phi) is 11.9. The van der Waals surface area contributed by atoms with E-state index in [1.54, 1.807) is 51.4 Å². The average Bonchev–Trinajstić information content (AvgIpc) is 4.14. The molecule has 0 aliphatic heterocycles. The molecule has 6 nitrogen and oxygen atoms in total. The van der Waals surface area contributed by atoms with Crippen LogP contribution < -0.4 is 4.90 Å². The van der Waals surface area contributed by atoms with E-state index in [0.717, 1.165) is 69.3 Å². The molecule has 9 rings (SSSR count). The van der Waals surface area contributed by atoms with Crippen LogP contribution in [0, 0.1) is 30.6 Å². The van der Waals surface area contributed by atoms with Gasteiger partial charge in [0, 0.05) is 67.2 Å². The molecule has 4 aromatic carbocycles. The van der Waals surface area contributed by atoms with Gasteiger partial charge in [-0.05, 0) is 133 Å². The van der Waals surface area contributed by atoms with Crippen molar-refractivity contribution in [3.05, 3.63) is 190 Å². The largest absolute Gasteiger partial charge is 0.477 e. The highest BCUT2D eigenvalue weighted by Gasteiger charge is 2.27. The van der Waals surface area contributed by atoms with Crippen LogP contribution in [-0.4, -0.2) is 22.5 Å². The summed E-state index contributed by atoms with van der Waals surface area (Å²) in [6.07, 6.45) is 5.47. The van der Waals surface area contributed by atoms with Crippen molar-refractivity contribution in [2.24, 2.45) is 4.40 Å². The maximum Gasteiger partial charge on any atom is 0.346 e. The van der Waals surface area contributed by atoms with Crippen LogP contribution in [0.4, 0.5) is 17.1 Å². The Hall–Kier alpha value is -6.65. The molecule has 2 N–H and O–H groups in total. The van der Waals surface area contributed by atoms with Crippen LogP contribution in [0.1, 0.15) is 26.4 Å². The Balaban J connectivity index is 0.939. The van der Waals surface area contributed by atoms with E-state index in [9.17, 15) is 15.3 Å². The van der Waals surface area contributed by atoms with E-state index in [1.165, 1.54) is 26.3 Å². The lowest BCUT2D eigenvalue weighted by Crippen LogP contribution is -2.18. The molecular weight excluding hydrogens is 873 g/mol. The fourth-order valence-corrected chi connectivity index (χ4v) is 12.5. The van der Waals surface area contributed by atoms with Crippen molar-refractivity contribution in [2.75, 3.05) is 4.90 Å². The van der Waals surface area contributed by atoms with E-state index in [4.69, 9.17) is 5.26 Å². The molecule has 0 unspecified atom stereocenters. The number of hydrogen-bond acceptors (Lipinski definition) is 10. The van der Waals surface area contributed by atoms with Gasteiger partial charge in [0.05, 0.1) is 5.71 Å². The molecule has 1 aliphatic carbocycles. The van der Waals surface area contributed by atoms with Gasteiger partial charge in [0.25, 0.3) is 0 Å². The second kappa shape index (κ2) is 18.0. The number of thiophene rings is 4. The van der Waals surface area contributed by atoms with Gasteiger partial charge in [0.1, 0.15) is 17.4 Å². The Morgan fingerprint density at radius 2 is 1.10 bits per heavy atom. The summed E-state index contributed by atoms with van der Waals surface area (Å²) in [5.41, 5.74) is 10.7. The van der Waals surface area contributed by atoms with Crippen molar-refractivity contribution in [3.63, 3.8) is 0 Å². The van der Waals surface area contributed by atoms with Crippen molar-refractivity contribution in [1.29, 1.82) is 10.7 Å². The van der Waals surface area contributed by atoms with Gasteiger partial charge in [-0.25, -0.2) is 9.19 Å². The lowest BCUT2D eigenvalue weighted by Gasteiger charge is -2.25. The summed E-state index contributed by atoms with van der Waals surface area (Å²) in [6.45, 7) is 4.24. The van der Waals surface area contributed by atoms with Crippen molar-refractivity contribution in [2.45, 2.75) is 13.8 Å². The van der Waals surface area contributed by atoms with Gasteiger partial charge in [0.15, 0.2) is 0 Å². The number of nitrogens with one attached hydrogen (secondary N) is 1. The van der Waals surface area contributed by atoms with E-state index in [-0.39, 0.29) is 5.57 Å². The molecule has 0 spiro atoms. The number of nitriles is 1. The third-order valence-electron chi connectivity index (χ3n) is 10.6. The van der Waals surface area contributed by atoms with Gasteiger partial charge in [-0.2, -0.15) is 5.26 Å². The van der Waals surface area contributed by atoms with Crippen LogP contribution in [0.5, 0.6) is 0 Å². The third kappa shape index (κ3) is 8.47. The van der Waals surface area contributed by atoms with Gasteiger partial charge in [0.2, 0.25) is 0 Å². The van der Waals surface area contributed by atoms with Crippen molar-refractivity contribution in [1.82, 2.24) is 0 Å². The average molecular weight is 909 g/mol. The molecule has 4 aromatic heterocycles. The highest BCUT2D eigenvalue weighted by molar-refractivity contribution is 7.79. The zero-order valence-electron chi connectivity index (χ0n) is 33.9. The molecule has 1 aliphatic rings. The molecular formula is C52H36N4O2S5. The van der Waals surface area contributed by atoms with Crippen LogP contribution in [0.3, 0.4) is 0 Å². The summed E-state index contributed by atoms with van der Waals surface area (Å²) in [5.74, 6) is -1.24. The fraction of sp³-hybridized carbons (Fsp3) is 0.0385. The number of hydrogen-bond donors (Lipinski definition) is 3. The molecule has 8 aromatic rings. The van der Waals surface area contributed by atoms with E-state index in [0.29, 0.717) is 17.0 Å². The van der Waals surface area contributed by atoms with Crippen LogP contribution >= 0.6 is 58.2 Å². The summed E-state index contributed by atoms with van der Waals surface area (Å²) < 4.78 is 4.37. The van der Waals surface area contributed by atoms with Crippen molar-refractivity contribution >= 4 is 110 Å². The second-order valence-corrected chi connectivity index (χ2v) is 19.2. The lowest BCUT2D eigenvalue weighted by molar-refractivity contribution is -0.132. The highest BCUT2D eigenvalue weighted by Crippen LogP contribution is 2.46. The zero-order chi connectivity index (χ0) is 43.6. The van der Waals surface area contributed by atoms with E-state index >= 15 is 0 Å². The molecule has 0 atom stereocenters. The first-order chi connectivity index (χ1) is 30.7. The molecule has 0 saturated carbocycles. The number of nitrogens with zero attached hydrogens (tertiary/aromatic N) is 3. The predicted octanol–water partition coefficient (Wildman–Crippen LogP) is 15.5. The minimum absolute atomic E-state index is 0.306. The smallest absolute Gasteiger partial charge is 0.346 e. The van der Waals surface area contributed by atoms with Gasteiger partial charge >= 0.3 is 5.97 Å². The second-order valence-electron chi connectivity index (χ2n) is 14.7. The number of thiol groups is 1. The standard InChI is InChI=1S/C52H36N4O2S5/c1-31-27-46(62-50(31)44-26-24-43(61-44)35-17-19-39(20-18-35)56(37-9-5-3-6-10-37)38-11-7-4-8-12-38)40-21-22-41(49(55-59)48(40)54)47-28-32(2)51(63-47)45-25-23-42(60-45)34-15-13-33(14-16-34)29-36(30-53)52(57)58/h3-29,54,59H,1-2H3,(H,57,58)/b36-29+,54-48?,55-49?. The Bertz CT molecular complexity index is 3150. The zero-order valence-corrected chi connectivity index (χ0v) is 38.0. The van der Waals surface area contributed by atoms with E-state index in [2.05, 4.69) is 151 Å². The van der Waals surface area contributed by atoms with E-state index < -0.39 is 5.97 Å². The number of anilines is 3. The van der Waals surface area contributed by atoms with Crippen LogP contribution in [0.25, 0.3) is 57.6 Å². The number of carbonyl (C=O) groups is 1. The Labute approximate surface area is 387 Å². The van der Waals surface area contributed by atoms with Gasteiger partial charge < -0.3 is 10.0 Å². The number of aliphatic carboxylic acids is 1. The van der Waals surface area contributed by atoms with Crippen LogP contribution in [0.15, 0.2) is 168 Å². The molecule has 0 saturated heterocycles. The number of aryl methyl sites for hydroxylation is 2. The van der Waals surface area contributed by atoms with Gasteiger partial charge in [-0.15, -0.1) is 45.3 Å². The third-order valence-corrected chi connectivity index (χ3v) is 16.0. The van der Waals surface area contributed by atoms with Crippen LogP contribution in [-0.2, 0) is 4.79 Å². The highest BCUT2D eigenvalue weighted by atomic mass is 32.1. The fourth-order valence-electron chi connectivity index (χ4n) is 7.48. The van der Waals surface area contributed by atoms with Gasteiger partial charge in [-0.3, -0.25) is 5.41 Å². The molecule has 0 amide bonds. The number of rotatable bonds is 11. The number of carboxylic acids is 1. The van der Waals surface area contributed by atoms with Crippen molar-refractivity contribution in [3.8, 4) is 46.5 Å². The minimum Gasteiger partial charge on any atom is -0.477 e. The molecule has 63 heavy (non-hydrogen) atoms.